The van der Waals surface area contributed by atoms with Gasteiger partial charge in [0.2, 0.25) is 5.91 Å². The SMILES string of the molecule is CC(C)NC(=O)Cn1c(-c2ccc(F)c(Cl)c2)nc2ccc(N3CCN(C(=O)OC(C)(C)C)CC(C)(C)C3)cc2c1=O. The molecule has 2 amide bonds. The van der Waals surface area contributed by atoms with Crippen molar-refractivity contribution in [2.24, 2.45) is 5.41 Å². The number of nitrogens with zero attached hydrogens (tertiary/aromatic N) is 4. The van der Waals surface area contributed by atoms with E-state index in [-0.39, 0.29) is 40.8 Å². The van der Waals surface area contributed by atoms with Crippen molar-refractivity contribution >= 4 is 40.2 Å². The third kappa shape index (κ3) is 7.40. The fourth-order valence-electron chi connectivity index (χ4n) is 5.10. The predicted molar refractivity (Wildman–Crippen MR) is 163 cm³/mol. The lowest BCUT2D eigenvalue weighted by atomic mass is 9.92. The average Bonchev–Trinajstić information content (AvgIpc) is 3.03. The number of hydrogen-bond acceptors (Lipinski definition) is 6. The maximum absolute atomic E-state index is 13.9. The van der Waals surface area contributed by atoms with Crippen LogP contribution in [0.5, 0.6) is 0 Å². The molecule has 1 saturated heterocycles. The number of amides is 2. The van der Waals surface area contributed by atoms with Crippen molar-refractivity contribution < 1.29 is 18.7 Å². The Labute approximate surface area is 250 Å². The second-order valence-electron chi connectivity index (χ2n) is 12.9. The first-order valence-electron chi connectivity index (χ1n) is 14.1. The summed E-state index contributed by atoms with van der Waals surface area (Å²) in [5.74, 6) is -0.733. The van der Waals surface area contributed by atoms with Crippen molar-refractivity contribution in [1.82, 2.24) is 19.8 Å². The summed E-state index contributed by atoms with van der Waals surface area (Å²) >= 11 is 6.05. The second kappa shape index (κ2) is 11.9. The van der Waals surface area contributed by atoms with E-state index >= 15 is 0 Å². The number of anilines is 1. The number of ether oxygens (including phenoxy) is 1. The lowest BCUT2D eigenvalue weighted by molar-refractivity contribution is -0.122. The minimum atomic E-state index is -0.595. The van der Waals surface area contributed by atoms with E-state index in [1.54, 1.807) is 17.0 Å². The first-order valence-corrected chi connectivity index (χ1v) is 14.4. The number of rotatable bonds is 5. The molecule has 11 heteroatoms. The summed E-state index contributed by atoms with van der Waals surface area (Å²) in [5.41, 5.74) is 0.392. The molecule has 42 heavy (non-hydrogen) atoms. The topological polar surface area (TPSA) is 96.8 Å². The van der Waals surface area contributed by atoms with E-state index in [9.17, 15) is 18.8 Å². The highest BCUT2D eigenvalue weighted by molar-refractivity contribution is 6.31. The number of nitrogens with one attached hydrogen (secondary N) is 1. The summed E-state index contributed by atoms with van der Waals surface area (Å²) < 4.78 is 20.8. The maximum Gasteiger partial charge on any atom is 0.410 e. The van der Waals surface area contributed by atoms with Crippen LogP contribution in [0.4, 0.5) is 14.9 Å². The maximum atomic E-state index is 13.9. The fraction of sp³-hybridized carbons (Fsp3) is 0.484. The minimum Gasteiger partial charge on any atom is -0.444 e. The van der Waals surface area contributed by atoms with Crippen LogP contribution >= 0.6 is 11.6 Å². The zero-order chi connectivity index (χ0) is 31.0. The number of benzene rings is 2. The highest BCUT2D eigenvalue weighted by atomic mass is 35.5. The van der Waals surface area contributed by atoms with Gasteiger partial charge in [-0.1, -0.05) is 25.4 Å². The van der Waals surface area contributed by atoms with Crippen molar-refractivity contribution in [3.63, 3.8) is 0 Å². The van der Waals surface area contributed by atoms with Crippen LogP contribution in [0.25, 0.3) is 22.3 Å². The summed E-state index contributed by atoms with van der Waals surface area (Å²) in [6.07, 6.45) is -0.351. The molecule has 226 valence electrons. The molecule has 0 atom stereocenters. The van der Waals surface area contributed by atoms with Crippen LogP contribution in [0.3, 0.4) is 0 Å². The largest absolute Gasteiger partial charge is 0.444 e. The standard InChI is InChI=1S/C31H39ClFN5O4/c1-19(2)34-26(39)16-38-27(20-8-10-24(33)23(32)14-20)35-25-11-9-21(15-22(25)28(38)40)36-12-13-37(18-31(6,7)17-36)29(41)42-30(3,4)5/h8-11,14-15,19H,12-13,16-18H2,1-7H3,(H,34,39). The summed E-state index contributed by atoms with van der Waals surface area (Å²) in [6.45, 7) is 15.3. The molecule has 3 aromatic rings. The first kappa shape index (κ1) is 31.3. The van der Waals surface area contributed by atoms with E-state index in [0.29, 0.717) is 42.6 Å². The molecule has 0 unspecified atom stereocenters. The number of hydrogen-bond donors (Lipinski definition) is 1. The number of aromatic nitrogens is 2. The fourth-order valence-corrected chi connectivity index (χ4v) is 5.29. The van der Waals surface area contributed by atoms with E-state index in [2.05, 4.69) is 24.1 Å². The Hall–Kier alpha value is -3.66. The van der Waals surface area contributed by atoms with Gasteiger partial charge in [0.25, 0.3) is 5.56 Å². The van der Waals surface area contributed by atoms with Gasteiger partial charge in [-0.15, -0.1) is 0 Å². The third-order valence-corrected chi connectivity index (χ3v) is 7.05. The van der Waals surface area contributed by atoms with Gasteiger partial charge in [-0.05, 0) is 76.4 Å². The van der Waals surface area contributed by atoms with Gasteiger partial charge in [-0.25, -0.2) is 14.2 Å². The van der Waals surface area contributed by atoms with Crippen molar-refractivity contribution in [2.45, 2.75) is 66.7 Å². The van der Waals surface area contributed by atoms with Crippen LogP contribution in [0.2, 0.25) is 5.02 Å². The van der Waals surface area contributed by atoms with Gasteiger partial charge in [0.1, 0.15) is 23.8 Å². The molecule has 0 bridgehead atoms. The summed E-state index contributed by atoms with van der Waals surface area (Å²) in [5, 5.41) is 3.04. The highest BCUT2D eigenvalue weighted by Gasteiger charge is 2.33. The Morgan fingerprint density at radius 2 is 1.83 bits per heavy atom. The first-order chi connectivity index (χ1) is 19.5. The Kier molecular flexibility index (Phi) is 8.87. The molecule has 0 aliphatic carbocycles. The van der Waals surface area contributed by atoms with Gasteiger partial charge < -0.3 is 19.9 Å². The van der Waals surface area contributed by atoms with Gasteiger partial charge in [-0.2, -0.15) is 0 Å². The Balaban J connectivity index is 1.75. The summed E-state index contributed by atoms with van der Waals surface area (Å²) in [7, 11) is 0. The zero-order valence-electron chi connectivity index (χ0n) is 25.3. The van der Waals surface area contributed by atoms with Gasteiger partial charge in [-0.3, -0.25) is 14.2 Å². The minimum absolute atomic E-state index is 0.112. The van der Waals surface area contributed by atoms with Crippen LogP contribution in [0.1, 0.15) is 48.5 Å². The second-order valence-corrected chi connectivity index (χ2v) is 13.3. The molecule has 9 nitrogen and oxygen atoms in total. The average molecular weight is 600 g/mol. The highest BCUT2D eigenvalue weighted by Crippen LogP contribution is 2.30. The molecule has 2 aromatic carbocycles. The number of halogens is 2. The molecule has 1 N–H and O–H groups in total. The number of carbonyl (C=O) groups excluding carboxylic acids is 2. The van der Waals surface area contributed by atoms with Crippen LogP contribution in [0.15, 0.2) is 41.2 Å². The van der Waals surface area contributed by atoms with Crippen LogP contribution < -0.4 is 15.8 Å². The van der Waals surface area contributed by atoms with Crippen molar-refractivity contribution in [2.75, 3.05) is 31.1 Å². The zero-order valence-corrected chi connectivity index (χ0v) is 26.0. The molecule has 1 aliphatic heterocycles. The van der Waals surface area contributed by atoms with Crippen molar-refractivity contribution in [3.05, 3.63) is 57.6 Å². The molecule has 0 radical (unpaired) electrons. The summed E-state index contributed by atoms with van der Waals surface area (Å²) in [4.78, 5) is 48.2. The van der Waals surface area contributed by atoms with E-state index in [1.807, 2.05) is 40.7 Å². The smallest absolute Gasteiger partial charge is 0.410 e. The lowest BCUT2D eigenvalue weighted by Gasteiger charge is -2.32. The third-order valence-electron chi connectivity index (χ3n) is 6.76. The molecular formula is C31H39ClFN5O4. The van der Waals surface area contributed by atoms with Crippen molar-refractivity contribution in [3.8, 4) is 11.4 Å². The van der Waals surface area contributed by atoms with E-state index in [1.165, 1.54) is 22.8 Å². The van der Waals surface area contributed by atoms with Gasteiger partial charge in [0, 0.05) is 43.5 Å². The van der Waals surface area contributed by atoms with Gasteiger partial charge in [0.15, 0.2) is 0 Å². The number of fused-ring (bicyclic) bond motifs is 1. The van der Waals surface area contributed by atoms with E-state index in [4.69, 9.17) is 21.3 Å². The molecule has 4 rings (SSSR count). The Bertz CT molecular complexity index is 1560. The molecule has 0 saturated carbocycles. The molecular weight excluding hydrogens is 561 g/mol. The molecule has 2 heterocycles. The Morgan fingerprint density at radius 1 is 1.12 bits per heavy atom. The molecule has 1 aliphatic rings. The monoisotopic (exact) mass is 599 g/mol. The van der Waals surface area contributed by atoms with Crippen molar-refractivity contribution in [1.29, 1.82) is 0 Å². The Morgan fingerprint density at radius 3 is 2.48 bits per heavy atom. The molecule has 0 spiro atoms. The summed E-state index contributed by atoms with van der Waals surface area (Å²) in [6, 6.07) is 9.40. The lowest BCUT2D eigenvalue weighted by Crippen LogP contribution is -2.42. The molecule has 1 aromatic heterocycles. The quantitative estimate of drug-likeness (QED) is 0.418. The van der Waals surface area contributed by atoms with Crippen LogP contribution in [-0.4, -0.2) is 64.3 Å². The van der Waals surface area contributed by atoms with Crippen LogP contribution in [-0.2, 0) is 16.1 Å². The van der Waals surface area contributed by atoms with E-state index < -0.39 is 17.0 Å². The number of carbonyl (C=O) groups is 2. The molecule has 1 fully saturated rings. The van der Waals surface area contributed by atoms with Gasteiger partial charge in [0.05, 0.1) is 15.9 Å². The predicted octanol–water partition coefficient (Wildman–Crippen LogP) is 5.46. The van der Waals surface area contributed by atoms with E-state index in [0.717, 1.165) is 5.69 Å². The van der Waals surface area contributed by atoms with Gasteiger partial charge >= 0.3 is 6.09 Å². The normalized spacial score (nSPS) is 15.6. The van der Waals surface area contributed by atoms with Crippen LogP contribution in [0, 0.1) is 11.2 Å².